The van der Waals surface area contributed by atoms with Gasteiger partial charge in [0, 0.05) is 6.54 Å². The molecule has 1 unspecified atom stereocenters. The van der Waals surface area contributed by atoms with Crippen molar-refractivity contribution in [2.45, 2.75) is 16.4 Å². The molecule has 0 saturated carbocycles. The Balaban J connectivity index is 2.51. The fourth-order valence-electron chi connectivity index (χ4n) is 1.93. The van der Waals surface area contributed by atoms with E-state index in [0.717, 1.165) is 11.1 Å². The van der Waals surface area contributed by atoms with Gasteiger partial charge in [-0.2, -0.15) is 0 Å². The molecule has 1 heterocycles. The molecule has 96 valence electrons. The smallest absolute Gasteiger partial charge is 0.195 e. The van der Waals surface area contributed by atoms with Gasteiger partial charge in [0.05, 0.1) is 0 Å². The Morgan fingerprint density at radius 3 is 2.50 bits per heavy atom. The molecule has 0 aliphatic heterocycles. The van der Waals surface area contributed by atoms with Crippen LogP contribution < -0.4 is 5.73 Å². The highest BCUT2D eigenvalue weighted by molar-refractivity contribution is 7.93. The minimum atomic E-state index is -3.39. The van der Waals surface area contributed by atoms with Crippen molar-refractivity contribution < 1.29 is 8.42 Å². The summed E-state index contributed by atoms with van der Waals surface area (Å²) < 4.78 is 25.4. The molecular weight excluding hydrogens is 266 g/mol. The molecule has 5 heteroatoms. The van der Waals surface area contributed by atoms with Gasteiger partial charge in [0.1, 0.15) is 9.46 Å². The lowest BCUT2D eigenvalue weighted by atomic mass is 10.1. The Hall–Kier alpha value is -1.17. The van der Waals surface area contributed by atoms with Crippen LogP contribution in [0.2, 0.25) is 0 Å². The molecule has 1 atom stereocenters. The lowest BCUT2D eigenvalue weighted by Crippen LogP contribution is -2.22. The van der Waals surface area contributed by atoms with E-state index in [-0.39, 0.29) is 6.54 Å². The average molecular weight is 281 g/mol. The molecule has 3 nitrogen and oxygen atoms in total. The normalized spacial score (nSPS) is 13.4. The number of aryl methyl sites for hydroxylation is 1. The zero-order valence-electron chi connectivity index (χ0n) is 10.0. The molecule has 0 fully saturated rings. The topological polar surface area (TPSA) is 60.2 Å². The number of nitrogens with two attached hydrogens (primary N) is 1. The van der Waals surface area contributed by atoms with Crippen molar-refractivity contribution in [2.24, 2.45) is 5.73 Å². The maximum absolute atomic E-state index is 12.5. The molecule has 0 aliphatic carbocycles. The van der Waals surface area contributed by atoms with E-state index >= 15 is 0 Å². The number of hydrogen-bond acceptors (Lipinski definition) is 4. The SMILES string of the molecule is Cc1ccccc1C(CN)S(=O)(=O)c1cccs1. The van der Waals surface area contributed by atoms with Gasteiger partial charge in [0.25, 0.3) is 0 Å². The van der Waals surface area contributed by atoms with E-state index in [4.69, 9.17) is 5.73 Å². The molecular formula is C13H15NO2S2. The molecule has 2 rings (SSSR count). The fourth-order valence-corrected chi connectivity index (χ4v) is 4.84. The van der Waals surface area contributed by atoms with Crippen molar-refractivity contribution in [1.29, 1.82) is 0 Å². The van der Waals surface area contributed by atoms with Crippen LogP contribution in [0, 0.1) is 6.92 Å². The third-order valence-corrected chi connectivity index (χ3v) is 6.44. The van der Waals surface area contributed by atoms with Crippen LogP contribution in [0.15, 0.2) is 46.0 Å². The molecule has 0 spiro atoms. The maximum Gasteiger partial charge on any atom is 0.195 e. The molecule has 2 N–H and O–H groups in total. The summed E-state index contributed by atoms with van der Waals surface area (Å²) in [6.07, 6.45) is 0. The summed E-state index contributed by atoms with van der Waals surface area (Å²) >= 11 is 1.23. The third kappa shape index (κ3) is 2.34. The first kappa shape index (κ1) is 13.3. The second-order valence-electron chi connectivity index (χ2n) is 4.06. The van der Waals surface area contributed by atoms with Crippen LogP contribution >= 0.6 is 11.3 Å². The quantitative estimate of drug-likeness (QED) is 0.936. The fraction of sp³-hybridized carbons (Fsp3) is 0.231. The molecule has 0 saturated heterocycles. The number of benzene rings is 1. The van der Waals surface area contributed by atoms with Gasteiger partial charge in [-0.3, -0.25) is 0 Å². The average Bonchev–Trinajstić information content (AvgIpc) is 2.86. The second-order valence-corrected chi connectivity index (χ2v) is 7.36. The van der Waals surface area contributed by atoms with Crippen molar-refractivity contribution in [2.75, 3.05) is 6.54 Å². The standard InChI is InChI=1S/C13H15NO2S2/c1-10-5-2-3-6-11(10)12(9-14)18(15,16)13-7-4-8-17-13/h2-8,12H,9,14H2,1H3. The Kier molecular flexibility index (Phi) is 3.85. The van der Waals surface area contributed by atoms with Crippen LogP contribution in [0.4, 0.5) is 0 Å². The van der Waals surface area contributed by atoms with Gasteiger partial charge < -0.3 is 5.73 Å². The minimum absolute atomic E-state index is 0.0884. The molecule has 1 aromatic heterocycles. The molecule has 0 bridgehead atoms. The van der Waals surface area contributed by atoms with Gasteiger partial charge in [-0.05, 0) is 29.5 Å². The summed E-state index contributed by atoms with van der Waals surface area (Å²) in [6, 6.07) is 10.8. The van der Waals surface area contributed by atoms with Crippen molar-refractivity contribution in [3.05, 3.63) is 52.9 Å². The van der Waals surface area contributed by atoms with Gasteiger partial charge in [0.2, 0.25) is 0 Å². The van der Waals surface area contributed by atoms with E-state index in [2.05, 4.69) is 0 Å². The van der Waals surface area contributed by atoms with E-state index in [9.17, 15) is 8.42 Å². The van der Waals surface area contributed by atoms with E-state index < -0.39 is 15.1 Å². The summed E-state index contributed by atoms with van der Waals surface area (Å²) in [5.41, 5.74) is 7.43. The Morgan fingerprint density at radius 1 is 1.22 bits per heavy atom. The van der Waals surface area contributed by atoms with Crippen molar-refractivity contribution in [1.82, 2.24) is 0 Å². The summed E-state index contributed by atoms with van der Waals surface area (Å²) in [5.74, 6) is 0. The zero-order chi connectivity index (χ0) is 13.2. The van der Waals surface area contributed by atoms with E-state index in [1.54, 1.807) is 17.5 Å². The van der Waals surface area contributed by atoms with Crippen LogP contribution in [0.3, 0.4) is 0 Å². The maximum atomic E-state index is 12.5. The lowest BCUT2D eigenvalue weighted by molar-refractivity contribution is 0.584. The Bertz CT molecular complexity index is 618. The number of hydrogen-bond donors (Lipinski definition) is 1. The number of rotatable bonds is 4. The highest BCUT2D eigenvalue weighted by atomic mass is 32.2. The van der Waals surface area contributed by atoms with Crippen LogP contribution in [-0.2, 0) is 9.84 Å². The van der Waals surface area contributed by atoms with Crippen molar-refractivity contribution >= 4 is 21.2 Å². The highest BCUT2D eigenvalue weighted by Gasteiger charge is 2.29. The summed E-state index contributed by atoms with van der Waals surface area (Å²) in [7, 11) is -3.39. The summed E-state index contributed by atoms with van der Waals surface area (Å²) in [6.45, 7) is 1.99. The van der Waals surface area contributed by atoms with Gasteiger partial charge in [-0.25, -0.2) is 8.42 Å². The van der Waals surface area contributed by atoms with Gasteiger partial charge in [0.15, 0.2) is 9.84 Å². The Morgan fingerprint density at radius 2 is 1.94 bits per heavy atom. The summed E-state index contributed by atoms with van der Waals surface area (Å²) in [5, 5.41) is 1.09. The van der Waals surface area contributed by atoms with Crippen LogP contribution in [0.1, 0.15) is 16.4 Å². The van der Waals surface area contributed by atoms with Crippen LogP contribution in [-0.4, -0.2) is 15.0 Å². The molecule has 1 aromatic carbocycles. The monoisotopic (exact) mass is 281 g/mol. The second kappa shape index (κ2) is 5.22. The first-order valence-corrected chi connectivity index (χ1v) is 8.03. The Labute approximate surface area is 111 Å². The third-order valence-electron chi connectivity index (χ3n) is 2.90. The van der Waals surface area contributed by atoms with E-state index in [1.165, 1.54) is 11.3 Å². The first-order valence-electron chi connectivity index (χ1n) is 5.60. The zero-order valence-corrected chi connectivity index (χ0v) is 11.7. The van der Waals surface area contributed by atoms with Gasteiger partial charge in [-0.15, -0.1) is 11.3 Å². The first-order chi connectivity index (χ1) is 8.57. The molecule has 18 heavy (non-hydrogen) atoms. The highest BCUT2D eigenvalue weighted by Crippen LogP contribution is 2.32. The minimum Gasteiger partial charge on any atom is -0.329 e. The van der Waals surface area contributed by atoms with Gasteiger partial charge >= 0.3 is 0 Å². The molecule has 0 aliphatic rings. The van der Waals surface area contributed by atoms with Crippen molar-refractivity contribution in [3.63, 3.8) is 0 Å². The van der Waals surface area contributed by atoms with Crippen LogP contribution in [0.5, 0.6) is 0 Å². The molecule has 0 amide bonds. The lowest BCUT2D eigenvalue weighted by Gasteiger charge is -2.17. The molecule has 2 aromatic rings. The predicted molar refractivity (Wildman–Crippen MR) is 74.5 cm³/mol. The predicted octanol–water partition coefficient (Wildman–Crippen LogP) is 2.53. The largest absolute Gasteiger partial charge is 0.329 e. The van der Waals surface area contributed by atoms with Crippen LogP contribution in [0.25, 0.3) is 0 Å². The number of sulfone groups is 1. The van der Waals surface area contributed by atoms with Crippen molar-refractivity contribution in [3.8, 4) is 0 Å². The number of thiophene rings is 1. The molecule has 0 radical (unpaired) electrons. The van der Waals surface area contributed by atoms with E-state index in [1.807, 2.05) is 31.2 Å². The van der Waals surface area contributed by atoms with Gasteiger partial charge in [-0.1, -0.05) is 30.3 Å². The summed E-state index contributed by atoms with van der Waals surface area (Å²) in [4.78, 5) is 0. The van der Waals surface area contributed by atoms with E-state index in [0.29, 0.717) is 4.21 Å².